The number of amidine groups is 1. The van der Waals surface area contributed by atoms with E-state index in [4.69, 9.17) is 11.6 Å². The van der Waals surface area contributed by atoms with Crippen LogP contribution in [-0.4, -0.2) is 28.8 Å². The first-order chi connectivity index (χ1) is 6.25. The van der Waals surface area contributed by atoms with Gasteiger partial charge in [0.1, 0.15) is 0 Å². The van der Waals surface area contributed by atoms with E-state index in [0.29, 0.717) is 4.47 Å². The summed E-state index contributed by atoms with van der Waals surface area (Å²) in [6, 6.07) is 0. The zero-order chi connectivity index (χ0) is 9.26. The Balaban J connectivity index is 2.02. The Kier molecular flexibility index (Phi) is 2.51. The zero-order valence-corrected chi connectivity index (χ0v) is 8.90. The van der Waals surface area contributed by atoms with E-state index < -0.39 is 0 Å². The molecule has 2 rings (SSSR count). The molecule has 1 aromatic rings. The van der Waals surface area contributed by atoms with E-state index in [-0.39, 0.29) is 0 Å². The van der Waals surface area contributed by atoms with Crippen molar-refractivity contribution in [1.82, 2.24) is 9.88 Å². The third-order valence-electron chi connectivity index (χ3n) is 2.04. The maximum atomic E-state index is 5.74. The molecule has 2 heterocycles. The molecular formula is C8H10ClN3S. The van der Waals surface area contributed by atoms with Gasteiger partial charge in [-0.25, -0.2) is 4.98 Å². The lowest BCUT2D eigenvalue weighted by Crippen LogP contribution is -2.24. The Hall–Kier alpha value is -0.610. The van der Waals surface area contributed by atoms with E-state index in [1.165, 1.54) is 16.2 Å². The van der Waals surface area contributed by atoms with E-state index in [2.05, 4.69) is 14.9 Å². The summed E-state index contributed by atoms with van der Waals surface area (Å²) in [5.74, 6) is 1.12. The van der Waals surface area contributed by atoms with Gasteiger partial charge in [-0.1, -0.05) is 11.6 Å². The van der Waals surface area contributed by atoms with Gasteiger partial charge in [-0.15, -0.1) is 11.3 Å². The number of nitrogens with zero attached hydrogens (tertiary/aromatic N) is 3. The number of hydrogen-bond acceptors (Lipinski definition) is 4. The molecule has 1 aliphatic heterocycles. The molecule has 1 aliphatic rings. The summed E-state index contributed by atoms with van der Waals surface area (Å²) in [6.07, 6.45) is 1.83. The molecule has 70 valence electrons. The van der Waals surface area contributed by atoms with Crippen molar-refractivity contribution in [3.63, 3.8) is 0 Å². The lowest BCUT2D eigenvalue weighted by molar-refractivity contribution is 0.454. The summed E-state index contributed by atoms with van der Waals surface area (Å²) in [6.45, 7) is 4.86. The molecule has 0 amide bonds. The highest BCUT2D eigenvalue weighted by Crippen LogP contribution is 2.20. The molecule has 0 unspecified atom stereocenters. The molecule has 0 spiro atoms. The van der Waals surface area contributed by atoms with E-state index in [0.717, 1.165) is 25.5 Å². The first kappa shape index (κ1) is 8.97. The van der Waals surface area contributed by atoms with Gasteiger partial charge in [0.25, 0.3) is 0 Å². The monoisotopic (exact) mass is 215 g/mol. The summed E-state index contributed by atoms with van der Waals surface area (Å²) in [5.41, 5.74) is 0. The van der Waals surface area contributed by atoms with Crippen molar-refractivity contribution in [1.29, 1.82) is 0 Å². The van der Waals surface area contributed by atoms with Gasteiger partial charge in [-0.3, -0.25) is 4.99 Å². The largest absolute Gasteiger partial charge is 0.354 e. The van der Waals surface area contributed by atoms with Gasteiger partial charge in [0, 0.05) is 17.6 Å². The van der Waals surface area contributed by atoms with Crippen LogP contribution in [0.15, 0.2) is 11.2 Å². The van der Waals surface area contributed by atoms with Crippen molar-refractivity contribution in [3.05, 3.63) is 15.5 Å². The fourth-order valence-electron chi connectivity index (χ4n) is 1.33. The van der Waals surface area contributed by atoms with Crippen LogP contribution in [0.3, 0.4) is 0 Å². The van der Waals surface area contributed by atoms with Gasteiger partial charge in [0.05, 0.1) is 18.9 Å². The predicted molar refractivity (Wildman–Crippen MR) is 55.5 cm³/mol. The topological polar surface area (TPSA) is 28.5 Å². The van der Waals surface area contributed by atoms with Crippen LogP contribution in [0.1, 0.15) is 11.8 Å². The molecule has 1 aromatic heterocycles. The van der Waals surface area contributed by atoms with Crippen LogP contribution in [-0.2, 0) is 6.54 Å². The van der Waals surface area contributed by atoms with Gasteiger partial charge < -0.3 is 4.90 Å². The Labute approximate surface area is 86.1 Å². The fraction of sp³-hybridized carbons (Fsp3) is 0.500. The zero-order valence-electron chi connectivity index (χ0n) is 7.33. The number of thiazole rings is 1. The number of halogens is 1. The standard InChI is InChI=1S/C8H10ClN3S/c1-6-10-2-3-12(6)5-7-4-11-8(9)13-7/h4H,2-3,5H2,1H3. The Morgan fingerprint density at radius 2 is 2.54 bits per heavy atom. The summed E-state index contributed by atoms with van der Waals surface area (Å²) in [5, 5.41) is 0. The minimum Gasteiger partial charge on any atom is -0.354 e. The molecule has 0 saturated carbocycles. The van der Waals surface area contributed by atoms with Crippen molar-refractivity contribution in [2.75, 3.05) is 13.1 Å². The quantitative estimate of drug-likeness (QED) is 0.756. The molecule has 5 heteroatoms. The molecule has 0 atom stereocenters. The minimum atomic E-state index is 0.615. The van der Waals surface area contributed by atoms with Crippen molar-refractivity contribution in [2.24, 2.45) is 4.99 Å². The molecule has 0 aromatic carbocycles. The third kappa shape index (κ3) is 2.00. The SMILES string of the molecule is CC1=NCCN1Cc1cnc(Cl)s1. The second-order valence-electron chi connectivity index (χ2n) is 2.93. The molecule has 0 saturated heterocycles. The van der Waals surface area contributed by atoms with Crippen molar-refractivity contribution < 1.29 is 0 Å². The Morgan fingerprint density at radius 1 is 1.69 bits per heavy atom. The summed E-state index contributed by atoms with van der Waals surface area (Å²) in [4.78, 5) is 11.8. The van der Waals surface area contributed by atoms with Crippen molar-refractivity contribution in [3.8, 4) is 0 Å². The highest BCUT2D eigenvalue weighted by molar-refractivity contribution is 7.15. The number of hydrogen-bond donors (Lipinski definition) is 0. The minimum absolute atomic E-state index is 0.615. The lowest BCUT2D eigenvalue weighted by atomic mass is 10.4. The summed E-state index contributed by atoms with van der Waals surface area (Å²) < 4.78 is 0.615. The van der Waals surface area contributed by atoms with Crippen LogP contribution < -0.4 is 0 Å². The first-order valence-electron chi connectivity index (χ1n) is 4.12. The van der Waals surface area contributed by atoms with Gasteiger partial charge in [0.15, 0.2) is 4.47 Å². The van der Waals surface area contributed by atoms with Gasteiger partial charge in [-0.2, -0.15) is 0 Å². The van der Waals surface area contributed by atoms with E-state index in [1.807, 2.05) is 13.1 Å². The van der Waals surface area contributed by atoms with Crippen molar-refractivity contribution in [2.45, 2.75) is 13.5 Å². The van der Waals surface area contributed by atoms with E-state index in [9.17, 15) is 0 Å². The van der Waals surface area contributed by atoms with Crippen molar-refractivity contribution >= 4 is 28.8 Å². The van der Waals surface area contributed by atoms with Crippen LogP contribution in [0.2, 0.25) is 4.47 Å². The lowest BCUT2D eigenvalue weighted by Gasteiger charge is -2.15. The summed E-state index contributed by atoms with van der Waals surface area (Å²) >= 11 is 7.28. The normalized spacial score (nSPS) is 16.5. The Bertz CT molecular complexity index is 334. The van der Waals surface area contributed by atoms with Crippen LogP contribution >= 0.6 is 22.9 Å². The van der Waals surface area contributed by atoms with Gasteiger partial charge in [-0.05, 0) is 6.92 Å². The highest BCUT2D eigenvalue weighted by atomic mass is 35.5. The fourth-order valence-corrected chi connectivity index (χ4v) is 2.33. The smallest absolute Gasteiger partial charge is 0.183 e. The molecular weight excluding hydrogens is 206 g/mol. The predicted octanol–water partition coefficient (Wildman–Crippen LogP) is 2.03. The molecule has 0 aliphatic carbocycles. The molecule has 0 bridgehead atoms. The third-order valence-corrected chi connectivity index (χ3v) is 3.14. The summed E-state index contributed by atoms with van der Waals surface area (Å²) in [7, 11) is 0. The maximum Gasteiger partial charge on any atom is 0.183 e. The second kappa shape index (κ2) is 3.64. The number of aliphatic imine (C=N–C) groups is 1. The molecule has 0 fully saturated rings. The van der Waals surface area contributed by atoms with Gasteiger partial charge >= 0.3 is 0 Å². The van der Waals surface area contributed by atoms with E-state index >= 15 is 0 Å². The van der Waals surface area contributed by atoms with Crippen LogP contribution in [0.25, 0.3) is 0 Å². The second-order valence-corrected chi connectivity index (χ2v) is 4.63. The molecule has 3 nitrogen and oxygen atoms in total. The highest BCUT2D eigenvalue weighted by Gasteiger charge is 2.13. The van der Waals surface area contributed by atoms with Crippen LogP contribution in [0, 0.1) is 0 Å². The van der Waals surface area contributed by atoms with E-state index in [1.54, 1.807) is 0 Å². The average molecular weight is 216 g/mol. The molecule has 0 radical (unpaired) electrons. The average Bonchev–Trinajstić information content (AvgIpc) is 2.64. The molecule has 0 N–H and O–H groups in total. The first-order valence-corrected chi connectivity index (χ1v) is 5.31. The maximum absolute atomic E-state index is 5.74. The number of aromatic nitrogens is 1. The van der Waals surface area contributed by atoms with Gasteiger partial charge in [0.2, 0.25) is 0 Å². The number of rotatable bonds is 2. The Morgan fingerprint density at radius 3 is 3.08 bits per heavy atom. The molecule has 13 heavy (non-hydrogen) atoms. The van der Waals surface area contributed by atoms with Crippen LogP contribution in [0.5, 0.6) is 0 Å². The van der Waals surface area contributed by atoms with Crippen LogP contribution in [0.4, 0.5) is 0 Å².